The van der Waals surface area contributed by atoms with Crippen molar-refractivity contribution in [3.8, 4) is 5.75 Å². The summed E-state index contributed by atoms with van der Waals surface area (Å²) in [5.74, 6) is 1.65. The van der Waals surface area contributed by atoms with Crippen molar-refractivity contribution < 1.29 is 9.47 Å². The van der Waals surface area contributed by atoms with E-state index in [4.69, 9.17) is 9.47 Å². The van der Waals surface area contributed by atoms with Gasteiger partial charge in [-0.05, 0) is 56.8 Å². The van der Waals surface area contributed by atoms with Crippen LogP contribution in [0.4, 0.5) is 0 Å². The summed E-state index contributed by atoms with van der Waals surface area (Å²) in [5.41, 5.74) is 1.27. The highest BCUT2D eigenvalue weighted by atomic mass is 16.5. The lowest BCUT2D eigenvalue weighted by atomic mass is 9.97. The molecule has 2 atom stereocenters. The van der Waals surface area contributed by atoms with Gasteiger partial charge in [-0.25, -0.2) is 0 Å². The lowest BCUT2D eigenvalue weighted by molar-refractivity contribution is 0.0189. The first-order valence-corrected chi connectivity index (χ1v) is 7.87. The molecule has 0 amide bonds. The van der Waals surface area contributed by atoms with E-state index in [0.29, 0.717) is 12.5 Å². The van der Waals surface area contributed by atoms with E-state index in [1.165, 1.54) is 18.4 Å². The molecule has 20 heavy (non-hydrogen) atoms. The highest BCUT2D eigenvalue weighted by Crippen LogP contribution is 2.40. The molecule has 0 aliphatic heterocycles. The van der Waals surface area contributed by atoms with Crippen molar-refractivity contribution >= 4 is 0 Å². The Morgan fingerprint density at radius 1 is 1.20 bits per heavy atom. The van der Waals surface area contributed by atoms with Gasteiger partial charge in [0.2, 0.25) is 0 Å². The van der Waals surface area contributed by atoms with Gasteiger partial charge in [-0.15, -0.1) is 0 Å². The lowest BCUT2D eigenvalue weighted by Crippen LogP contribution is -2.35. The highest BCUT2D eigenvalue weighted by Gasteiger charge is 2.37. The maximum Gasteiger partial charge on any atom is 0.119 e. The third-order valence-corrected chi connectivity index (χ3v) is 3.73. The molecule has 1 aromatic rings. The molecule has 3 heteroatoms. The van der Waals surface area contributed by atoms with Gasteiger partial charge in [-0.1, -0.05) is 19.1 Å². The minimum atomic E-state index is 0.257. The van der Waals surface area contributed by atoms with Crippen molar-refractivity contribution in [2.24, 2.45) is 5.92 Å². The number of ether oxygens (including phenoxy) is 2. The van der Waals surface area contributed by atoms with Crippen LogP contribution in [0, 0.1) is 5.92 Å². The smallest absolute Gasteiger partial charge is 0.119 e. The number of hydrogen-bond acceptors (Lipinski definition) is 3. The molecule has 1 fully saturated rings. The molecular weight excluding hydrogens is 250 g/mol. The molecule has 2 rings (SSSR count). The van der Waals surface area contributed by atoms with Gasteiger partial charge in [0, 0.05) is 6.61 Å². The van der Waals surface area contributed by atoms with Gasteiger partial charge in [0.25, 0.3) is 0 Å². The summed E-state index contributed by atoms with van der Waals surface area (Å²) < 4.78 is 11.7. The van der Waals surface area contributed by atoms with Crippen LogP contribution in [0.1, 0.15) is 45.2 Å². The van der Waals surface area contributed by atoms with E-state index in [0.717, 1.165) is 18.9 Å². The number of nitrogens with one attached hydrogen (secondary N) is 1. The Morgan fingerprint density at radius 3 is 2.60 bits per heavy atom. The summed E-state index contributed by atoms with van der Waals surface area (Å²) in [7, 11) is 0. The first-order chi connectivity index (χ1) is 9.80. The van der Waals surface area contributed by atoms with Crippen molar-refractivity contribution in [1.82, 2.24) is 5.32 Å². The Bertz CT molecular complexity index is 404. The van der Waals surface area contributed by atoms with Crippen LogP contribution in [0.3, 0.4) is 0 Å². The van der Waals surface area contributed by atoms with Crippen LogP contribution in [-0.2, 0) is 4.74 Å². The standard InChI is InChI=1S/C17H27NO2/c1-4-18-16(17(20-6-3)13-10-11-13)14-8-7-9-15(12-14)19-5-2/h7-9,12-13,16-18H,4-6,10-11H2,1-3H3. The molecule has 3 nitrogen and oxygen atoms in total. The summed E-state index contributed by atoms with van der Waals surface area (Å²) in [6.45, 7) is 8.66. The van der Waals surface area contributed by atoms with Crippen LogP contribution in [0.15, 0.2) is 24.3 Å². The van der Waals surface area contributed by atoms with Gasteiger partial charge in [0.15, 0.2) is 0 Å². The van der Waals surface area contributed by atoms with Crippen molar-refractivity contribution in [2.75, 3.05) is 19.8 Å². The van der Waals surface area contributed by atoms with Crippen molar-refractivity contribution in [3.63, 3.8) is 0 Å². The van der Waals surface area contributed by atoms with Crippen molar-refractivity contribution in [1.29, 1.82) is 0 Å². The monoisotopic (exact) mass is 277 g/mol. The van der Waals surface area contributed by atoms with Crippen molar-refractivity contribution in [3.05, 3.63) is 29.8 Å². The zero-order valence-corrected chi connectivity index (χ0v) is 12.9. The van der Waals surface area contributed by atoms with E-state index in [1.54, 1.807) is 0 Å². The number of rotatable bonds is 9. The maximum atomic E-state index is 6.03. The summed E-state index contributed by atoms with van der Waals surface area (Å²) in [6.07, 6.45) is 2.85. The summed E-state index contributed by atoms with van der Waals surface area (Å²) in [5, 5.41) is 3.59. The lowest BCUT2D eigenvalue weighted by Gasteiger charge is -2.28. The zero-order valence-electron chi connectivity index (χ0n) is 12.9. The second-order valence-electron chi connectivity index (χ2n) is 5.30. The second kappa shape index (κ2) is 7.65. The third kappa shape index (κ3) is 3.97. The first kappa shape index (κ1) is 15.3. The minimum Gasteiger partial charge on any atom is -0.494 e. The molecule has 1 N–H and O–H groups in total. The molecule has 0 saturated heterocycles. The van der Waals surface area contributed by atoms with E-state index < -0.39 is 0 Å². The molecule has 0 aromatic heterocycles. The molecule has 0 radical (unpaired) electrons. The Labute approximate surface area is 122 Å². The predicted octanol–water partition coefficient (Wildman–Crippen LogP) is 3.55. The van der Waals surface area contributed by atoms with Crippen LogP contribution in [0.25, 0.3) is 0 Å². The normalized spacial score (nSPS) is 17.8. The molecule has 0 heterocycles. The van der Waals surface area contributed by atoms with Gasteiger partial charge in [-0.2, -0.15) is 0 Å². The molecule has 1 aromatic carbocycles. The average molecular weight is 277 g/mol. The molecular formula is C17H27NO2. The Hall–Kier alpha value is -1.06. The molecule has 0 bridgehead atoms. The number of benzene rings is 1. The van der Waals surface area contributed by atoms with Gasteiger partial charge < -0.3 is 14.8 Å². The van der Waals surface area contributed by atoms with Gasteiger partial charge in [0.1, 0.15) is 5.75 Å². The minimum absolute atomic E-state index is 0.257. The topological polar surface area (TPSA) is 30.5 Å². The fourth-order valence-electron chi connectivity index (χ4n) is 2.73. The molecule has 1 aliphatic rings. The number of likely N-dealkylation sites (N-methyl/N-ethyl adjacent to an activating group) is 1. The van der Waals surface area contributed by atoms with E-state index in [-0.39, 0.29) is 12.1 Å². The van der Waals surface area contributed by atoms with Crippen LogP contribution in [0.2, 0.25) is 0 Å². The Morgan fingerprint density at radius 2 is 2.00 bits per heavy atom. The quantitative estimate of drug-likeness (QED) is 0.749. The second-order valence-corrected chi connectivity index (χ2v) is 5.30. The predicted molar refractivity (Wildman–Crippen MR) is 82.2 cm³/mol. The van der Waals surface area contributed by atoms with Gasteiger partial charge in [-0.3, -0.25) is 0 Å². The van der Waals surface area contributed by atoms with Crippen LogP contribution < -0.4 is 10.1 Å². The summed E-state index contributed by atoms with van der Waals surface area (Å²) in [4.78, 5) is 0. The van der Waals surface area contributed by atoms with E-state index in [1.807, 2.05) is 13.0 Å². The molecule has 1 aliphatic carbocycles. The summed E-state index contributed by atoms with van der Waals surface area (Å²) >= 11 is 0. The van der Waals surface area contributed by atoms with E-state index in [9.17, 15) is 0 Å². The van der Waals surface area contributed by atoms with Gasteiger partial charge in [0.05, 0.1) is 18.8 Å². The SMILES string of the molecule is CCNC(c1cccc(OCC)c1)C(OCC)C1CC1. The first-order valence-electron chi connectivity index (χ1n) is 7.87. The van der Waals surface area contributed by atoms with Crippen LogP contribution in [0.5, 0.6) is 5.75 Å². The third-order valence-electron chi connectivity index (χ3n) is 3.73. The maximum absolute atomic E-state index is 6.03. The molecule has 2 unspecified atom stereocenters. The fourth-order valence-corrected chi connectivity index (χ4v) is 2.73. The zero-order chi connectivity index (χ0) is 14.4. The van der Waals surface area contributed by atoms with Crippen LogP contribution >= 0.6 is 0 Å². The van der Waals surface area contributed by atoms with Crippen molar-refractivity contribution in [2.45, 2.75) is 45.8 Å². The Kier molecular flexibility index (Phi) is 5.86. The molecule has 112 valence electrons. The molecule has 0 spiro atoms. The largest absolute Gasteiger partial charge is 0.494 e. The summed E-state index contributed by atoms with van der Waals surface area (Å²) in [6, 6.07) is 8.66. The fraction of sp³-hybridized carbons (Fsp3) is 0.647. The average Bonchev–Trinajstić information content (AvgIpc) is 3.28. The van der Waals surface area contributed by atoms with Gasteiger partial charge >= 0.3 is 0 Å². The molecule has 1 saturated carbocycles. The Balaban J connectivity index is 2.19. The van der Waals surface area contributed by atoms with E-state index >= 15 is 0 Å². The highest BCUT2D eigenvalue weighted by molar-refractivity contribution is 5.31. The number of hydrogen-bond donors (Lipinski definition) is 1. The van der Waals surface area contributed by atoms with Crippen LogP contribution in [-0.4, -0.2) is 25.9 Å². The van der Waals surface area contributed by atoms with E-state index in [2.05, 4.69) is 37.4 Å².